The minimum atomic E-state index is -2.95. The predicted octanol–water partition coefficient (Wildman–Crippen LogP) is 4.11. The van der Waals surface area contributed by atoms with Crippen molar-refractivity contribution in [2.75, 3.05) is 13.4 Å². The van der Waals surface area contributed by atoms with Crippen LogP contribution in [-0.2, 0) is 9.53 Å². The number of hydrogen-bond donors (Lipinski definition) is 0. The van der Waals surface area contributed by atoms with Crippen molar-refractivity contribution in [2.45, 2.75) is 6.61 Å². The Bertz CT molecular complexity index is 911. The fourth-order valence-electron chi connectivity index (χ4n) is 2.34. The van der Waals surface area contributed by atoms with Crippen molar-refractivity contribution in [2.24, 2.45) is 0 Å². The molecule has 0 aliphatic carbocycles. The molecular weight excluding hydrogens is 398 g/mol. The number of carbonyl (C=O) groups excluding carboxylic acids is 2. The number of benzene rings is 2. The molecule has 146 valence electrons. The number of Topliss-reactive ketones (excluding diaryl/α,β-unsaturated/α-hetero) is 1. The van der Waals surface area contributed by atoms with Crippen LogP contribution in [0.2, 0.25) is 5.02 Å². The molecule has 28 heavy (non-hydrogen) atoms. The molecule has 0 spiro atoms. The van der Waals surface area contributed by atoms with Gasteiger partial charge in [0.1, 0.15) is 5.75 Å². The van der Waals surface area contributed by atoms with Crippen LogP contribution in [0.1, 0.15) is 15.9 Å². The zero-order valence-electron chi connectivity index (χ0n) is 14.2. The molecule has 0 bridgehead atoms. The number of rotatable bonds is 7. The lowest BCUT2D eigenvalue weighted by molar-refractivity contribution is -0.136. The molecule has 0 unspecified atom stereocenters. The Hall–Kier alpha value is -3.13. The summed E-state index contributed by atoms with van der Waals surface area (Å²) in [6, 6.07) is 8.30. The number of carbonyl (C=O) groups is 2. The highest BCUT2D eigenvalue weighted by Crippen LogP contribution is 2.40. The van der Waals surface area contributed by atoms with Crippen molar-refractivity contribution >= 4 is 29.4 Å². The maximum Gasteiger partial charge on any atom is 0.387 e. The van der Waals surface area contributed by atoms with Crippen LogP contribution < -0.4 is 14.2 Å². The van der Waals surface area contributed by atoms with Gasteiger partial charge in [0, 0.05) is 11.6 Å². The lowest BCUT2D eigenvalue weighted by Crippen LogP contribution is -2.12. The van der Waals surface area contributed by atoms with Crippen molar-refractivity contribution in [3.8, 4) is 17.2 Å². The highest BCUT2D eigenvalue weighted by Gasteiger charge is 2.17. The molecule has 0 atom stereocenters. The van der Waals surface area contributed by atoms with Crippen molar-refractivity contribution in [3.05, 3.63) is 58.6 Å². The quantitative estimate of drug-likeness (QED) is 0.388. The molecule has 0 radical (unpaired) electrons. The third kappa shape index (κ3) is 4.98. The van der Waals surface area contributed by atoms with E-state index < -0.39 is 25.0 Å². The van der Waals surface area contributed by atoms with Gasteiger partial charge in [-0.1, -0.05) is 11.6 Å². The zero-order chi connectivity index (χ0) is 20.1. The SMILES string of the molecule is O=C(/C=C/c1cc(Cl)c2c(c1)OCO2)OCC(=O)c1ccc(OC(F)F)cc1. The van der Waals surface area contributed by atoms with Gasteiger partial charge in [0.15, 0.2) is 23.9 Å². The lowest BCUT2D eigenvalue weighted by Gasteiger charge is -2.05. The minimum absolute atomic E-state index is 0.0710. The van der Waals surface area contributed by atoms with Crippen LogP contribution in [0.3, 0.4) is 0 Å². The smallest absolute Gasteiger partial charge is 0.387 e. The van der Waals surface area contributed by atoms with Crippen LogP contribution >= 0.6 is 11.6 Å². The molecule has 0 aromatic heterocycles. The normalized spacial score (nSPS) is 12.4. The van der Waals surface area contributed by atoms with E-state index in [9.17, 15) is 18.4 Å². The Labute approximate surface area is 163 Å². The van der Waals surface area contributed by atoms with Gasteiger partial charge in [0.05, 0.1) is 5.02 Å². The summed E-state index contributed by atoms with van der Waals surface area (Å²) in [6.07, 6.45) is 2.60. The van der Waals surface area contributed by atoms with E-state index in [0.29, 0.717) is 22.1 Å². The summed E-state index contributed by atoms with van der Waals surface area (Å²) in [5.41, 5.74) is 0.785. The summed E-state index contributed by atoms with van der Waals surface area (Å²) in [5, 5.41) is 0.345. The van der Waals surface area contributed by atoms with Gasteiger partial charge in [-0.3, -0.25) is 4.79 Å². The first-order chi connectivity index (χ1) is 13.4. The Morgan fingerprint density at radius 3 is 2.64 bits per heavy atom. The summed E-state index contributed by atoms with van der Waals surface area (Å²) in [4.78, 5) is 23.8. The average Bonchev–Trinajstić information content (AvgIpc) is 3.14. The molecule has 9 heteroatoms. The average molecular weight is 411 g/mol. The summed E-state index contributed by atoms with van der Waals surface area (Å²) in [5.74, 6) is -0.392. The number of halogens is 3. The molecule has 3 rings (SSSR count). The second-order valence-corrected chi connectivity index (χ2v) is 5.91. The summed E-state index contributed by atoms with van der Waals surface area (Å²) >= 11 is 6.05. The molecule has 1 aliphatic heterocycles. The van der Waals surface area contributed by atoms with Crippen LogP contribution in [0.25, 0.3) is 6.08 Å². The van der Waals surface area contributed by atoms with Gasteiger partial charge in [0.2, 0.25) is 6.79 Å². The summed E-state index contributed by atoms with van der Waals surface area (Å²) in [7, 11) is 0. The van der Waals surface area contributed by atoms with E-state index in [0.717, 1.165) is 6.08 Å². The molecule has 2 aromatic rings. The van der Waals surface area contributed by atoms with E-state index in [1.165, 1.54) is 30.3 Å². The van der Waals surface area contributed by atoms with E-state index in [-0.39, 0.29) is 18.1 Å². The van der Waals surface area contributed by atoms with Crippen molar-refractivity contribution in [1.29, 1.82) is 0 Å². The highest BCUT2D eigenvalue weighted by atomic mass is 35.5. The third-order valence-corrected chi connectivity index (χ3v) is 3.89. The van der Waals surface area contributed by atoms with E-state index >= 15 is 0 Å². The Balaban J connectivity index is 1.53. The number of fused-ring (bicyclic) bond motifs is 1. The fourth-order valence-corrected chi connectivity index (χ4v) is 2.61. The van der Waals surface area contributed by atoms with Gasteiger partial charge < -0.3 is 18.9 Å². The van der Waals surface area contributed by atoms with Gasteiger partial charge in [0.25, 0.3) is 0 Å². The molecule has 0 saturated carbocycles. The van der Waals surface area contributed by atoms with Gasteiger partial charge in [-0.15, -0.1) is 0 Å². The second kappa shape index (κ2) is 8.71. The number of alkyl halides is 2. The fraction of sp³-hybridized carbons (Fsp3) is 0.158. The molecular formula is C19H13ClF2O6. The Morgan fingerprint density at radius 2 is 1.93 bits per heavy atom. The molecule has 6 nitrogen and oxygen atoms in total. The summed E-state index contributed by atoms with van der Waals surface area (Å²) < 4.78 is 43.7. The minimum Gasteiger partial charge on any atom is -0.454 e. The lowest BCUT2D eigenvalue weighted by atomic mass is 10.1. The van der Waals surface area contributed by atoms with E-state index in [1.807, 2.05) is 0 Å². The molecule has 1 heterocycles. The van der Waals surface area contributed by atoms with Crippen LogP contribution in [0.15, 0.2) is 42.5 Å². The number of hydrogen-bond acceptors (Lipinski definition) is 6. The largest absolute Gasteiger partial charge is 0.454 e. The van der Waals surface area contributed by atoms with Crippen molar-refractivity contribution < 1.29 is 37.3 Å². The van der Waals surface area contributed by atoms with Gasteiger partial charge in [-0.2, -0.15) is 8.78 Å². The van der Waals surface area contributed by atoms with Crippen LogP contribution in [0.5, 0.6) is 17.2 Å². The Kier molecular flexibility index (Phi) is 6.10. The van der Waals surface area contributed by atoms with Crippen LogP contribution in [-0.4, -0.2) is 31.8 Å². The standard InChI is InChI=1S/C19H13ClF2O6/c20-14-7-11(8-16-18(14)27-10-26-16)1-6-17(24)25-9-15(23)12-2-4-13(5-3-12)28-19(21)22/h1-8,19H,9-10H2/b6-1+. The topological polar surface area (TPSA) is 71.1 Å². The van der Waals surface area contributed by atoms with Crippen LogP contribution in [0.4, 0.5) is 8.78 Å². The van der Waals surface area contributed by atoms with Gasteiger partial charge >= 0.3 is 12.6 Å². The van der Waals surface area contributed by atoms with Crippen molar-refractivity contribution in [3.63, 3.8) is 0 Å². The Morgan fingerprint density at radius 1 is 1.18 bits per heavy atom. The first-order valence-corrected chi connectivity index (χ1v) is 8.32. The van der Waals surface area contributed by atoms with Gasteiger partial charge in [-0.05, 0) is 48.0 Å². The molecule has 0 amide bonds. The van der Waals surface area contributed by atoms with E-state index in [2.05, 4.69) is 4.74 Å². The summed E-state index contributed by atoms with van der Waals surface area (Å²) in [6.45, 7) is -3.38. The predicted molar refractivity (Wildman–Crippen MR) is 95.0 cm³/mol. The number of ether oxygens (including phenoxy) is 4. The first kappa shape index (κ1) is 19.6. The second-order valence-electron chi connectivity index (χ2n) is 5.50. The number of esters is 1. The first-order valence-electron chi connectivity index (χ1n) is 7.94. The number of ketones is 1. The maximum atomic E-state index is 12.1. The highest BCUT2D eigenvalue weighted by molar-refractivity contribution is 6.32. The monoisotopic (exact) mass is 410 g/mol. The molecule has 0 saturated heterocycles. The maximum absolute atomic E-state index is 12.1. The van der Waals surface area contributed by atoms with E-state index in [1.54, 1.807) is 12.1 Å². The molecule has 0 N–H and O–H groups in total. The van der Waals surface area contributed by atoms with Crippen molar-refractivity contribution in [1.82, 2.24) is 0 Å². The van der Waals surface area contributed by atoms with Crippen LogP contribution in [0, 0.1) is 0 Å². The molecule has 2 aromatic carbocycles. The van der Waals surface area contributed by atoms with E-state index in [4.69, 9.17) is 25.8 Å². The molecule has 0 fully saturated rings. The van der Waals surface area contributed by atoms with Gasteiger partial charge in [-0.25, -0.2) is 4.79 Å². The molecule has 1 aliphatic rings. The zero-order valence-corrected chi connectivity index (χ0v) is 14.9. The third-order valence-electron chi connectivity index (χ3n) is 3.61.